The average Bonchev–Trinajstić information content (AvgIpc) is 3.05. The Labute approximate surface area is 116 Å². The van der Waals surface area contributed by atoms with Gasteiger partial charge >= 0.3 is 0 Å². The maximum atomic E-state index is 12.0. The van der Waals surface area contributed by atoms with Crippen molar-refractivity contribution in [3.05, 3.63) is 42.1 Å². The van der Waals surface area contributed by atoms with Crippen LogP contribution in [0.5, 0.6) is 0 Å². The van der Waals surface area contributed by atoms with E-state index in [9.17, 15) is 4.79 Å². The lowest BCUT2D eigenvalue weighted by molar-refractivity contribution is 0.0943. The summed E-state index contributed by atoms with van der Waals surface area (Å²) in [6.45, 7) is 3.89. The number of fused-ring (bicyclic) bond motifs is 1. The summed E-state index contributed by atoms with van der Waals surface area (Å²) in [6.07, 6.45) is 1.78. The molecule has 3 N–H and O–H groups in total. The fourth-order valence-corrected chi connectivity index (χ4v) is 2.16. The first kappa shape index (κ1) is 12.5. The number of amides is 1. The third-order valence-electron chi connectivity index (χ3n) is 3.08. The van der Waals surface area contributed by atoms with Gasteiger partial charge in [0.05, 0.1) is 5.69 Å². The molecular weight excluding hydrogens is 252 g/mol. The molecule has 5 nitrogen and oxygen atoms in total. The second-order valence-electron chi connectivity index (χ2n) is 5.07. The van der Waals surface area contributed by atoms with E-state index in [1.807, 2.05) is 44.2 Å². The third kappa shape index (κ3) is 2.30. The zero-order valence-corrected chi connectivity index (χ0v) is 11.4. The number of H-pyrrole nitrogens is 2. The Balaban J connectivity index is 1.97. The molecule has 0 bridgehead atoms. The number of benzene rings is 1. The Morgan fingerprint density at radius 2 is 2.10 bits per heavy atom. The Hall–Kier alpha value is -2.56. The summed E-state index contributed by atoms with van der Waals surface area (Å²) in [5.74, 6) is -0.0576. The van der Waals surface area contributed by atoms with E-state index in [0.29, 0.717) is 5.56 Å². The van der Waals surface area contributed by atoms with Crippen LogP contribution in [0.15, 0.2) is 36.5 Å². The molecular formula is C15H16N4O. The second-order valence-corrected chi connectivity index (χ2v) is 5.07. The number of carbonyl (C=O) groups excluding carboxylic acids is 1. The lowest BCUT2D eigenvalue weighted by Gasteiger charge is -2.07. The Kier molecular flexibility index (Phi) is 3.02. The van der Waals surface area contributed by atoms with Crippen molar-refractivity contribution in [1.29, 1.82) is 0 Å². The summed E-state index contributed by atoms with van der Waals surface area (Å²) in [6, 6.07) is 9.69. The minimum atomic E-state index is -0.0576. The number of carbonyl (C=O) groups is 1. The van der Waals surface area contributed by atoms with Gasteiger partial charge in [-0.2, -0.15) is 5.10 Å². The number of aromatic amines is 2. The number of hydrogen-bond donors (Lipinski definition) is 3. The first-order valence-electron chi connectivity index (χ1n) is 6.57. The fraction of sp³-hybridized carbons (Fsp3) is 0.200. The van der Waals surface area contributed by atoms with E-state index in [0.717, 1.165) is 22.3 Å². The van der Waals surface area contributed by atoms with Gasteiger partial charge in [-0.1, -0.05) is 6.07 Å². The molecule has 2 aromatic heterocycles. The molecule has 1 aromatic carbocycles. The molecule has 0 aliphatic rings. The van der Waals surface area contributed by atoms with Crippen LogP contribution in [-0.2, 0) is 0 Å². The first-order valence-corrected chi connectivity index (χ1v) is 6.57. The molecule has 0 atom stereocenters. The van der Waals surface area contributed by atoms with Crippen molar-refractivity contribution >= 4 is 16.8 Å². The van der Waals surface area contributed by atoms with Gasteiger partial charge < -0.3 is 10.3 Å². The smallest absolute Gasteiger partial charge is 0.251 e. The van der Waals surface area contributed by atoms with E-state index >= 15 is 0 Å². The van der Waals surface area contributed by atoms with Gasteiger partial charge in [-0.25, -0.2) is 0 Å². The van der Waals surface area contributed by atoms with Crippen molar-refractivity contribution in [1.82, 2.24) is 20.5 Å². The summed E-state index contributed by atoms with van der Waals surface area (Å²) in [4.78, 5) is 15.3. The predicted octanol–water partition coefficient (Wildman–Crippen LogP) is 2.70. The maximum absolute atomic E-state index is 12.0. The first-order chi connectivity index (χ1) is 9.63. The molecule has 0 saturated carbocycles. The summed E-state index contributed by atoms with van der Waals surface area (Å²) >= 11 is 0. The molecule has 2 heterocycles. The van der Waals surface area contributed by atoms with Crippen LogP contribution in [0.25, 0.3) is 22.3 Å². The monoisotopic (exact) mass is 268 g/mol. The standard InChI is InChI=1S/C15H16N4O/c1-9(2)17-15(20)11-4-3-10-7-14(18-13(10)8-11)12-5-6-16-19-12/h3-9,18H,1-2H3,(H,16,19)(H,17,20). The van der Waals surface area contributed by atoms with Crippen LogP contribution < -0.4 is 5.32 Å². The molecule has 0 unspecified atom stereocenters. The minimum Gasteiger partial charge on any atom is -0.353 e. The zero-order chi connectivity index (χ0) is 14.1. The van der Waals surface area contributed by atoms with Crippen molar-refractivity contribution < 1.29 is 4.79 Å². The molecule has 0 spiro atoms. The van der Waals surface area contributed by atoms with Crippen molar-refractivity contribution in [2.75, 3.05) is 0 Å². The largest absolute Gasteiger partial charge is 0.353 e. The molecule has 0 radical (unpaired) electrons. The highest BCUT2D eigenvalue weighted by atomic mass is 16.1. The molecule has 5 heteroatoms. The van der Waals surface area contributed by atoms with Crippen molar-refractivity contribution in [2.24, 2.45) is 0 Å². The van der Waals surface area contributed by atoms with E-state index < -0.39 is 0 Å². The van der Waals surface area contributed by atoms with Crippen molar-refractivity contribution in [3.63, 3.8) is 0 Å². The number of nitrogens with zero attached hydrogens (tertiary/aromatic N) is 1. The van der Waals surface area contributed by atoms with Crippen LogP contribution in [0.2, 0.25) is 0 Å². The molecule has 3 rings (SSSR count). The van der Waals surface area contributed by atoms with Gasteiger partial charge in [0.25, 0.3) is 5.91 Å². The van der Waals surface area contributed by atoms with E-state index in [1.165, 1.54) is 0 Å². The van der Waals surface area contributed by atoms with Crippen molar-refractivity contribution in [2.45, 2.75) is 19.9 Å². The Morgan fingerprint density at radius 3 is 2.80 bits per heavy atom. The SMILES string of the molecule is CC(C)NC(=O)c1ccc2cc(-c3cc[nH]n3)[nH]c2c1. The van der Waals surface area contributed by atoms with Gasteiger partial charge in [0.1, 0.15) is 5.69 Å². The molecule has 0 aliphatic carbocycles. The highest BCUT2D eigenvalue weighted by Crippen LogP contribution is 2.23. The normalized spacial score (nSPS) is 11.2. The van der Waals surface area contributed by atoms with Gasteiger partial charge in [-0.3, -0.25) is 9.89 Å². The van der Waals surface area contributed by atoms with Crippen LogP contribution in [0.1, 0.15) is 24.2 Å². The number of aromatic nitrogens is 3. The average molecular weight is 268 g/mol. The fourth-order valence-electron chi connectivity index (χ4n) is 2.16. The highest BCUT2D eigenvalue weighted by molar-refractivity contribution is 5.98. The van der Waals surface area contributed by atoms with Crippen molar-refractivity contribution in [3.8, 4) is 11.4 Å². The zero-order valence-electron chi connectivity index (χ0n) is 11.4. The lowest BCUT2D eigenvalue weighted by Crippen LogP contribution is -2.29. The highest BCUT2D eigenvalue weighted by Gasteiger charge is 2.10. The van der Waals surface area contributed by atoms with Gasteiger partial charge in [0.15, 0.2) is 0 Å². The maximum Gasteiger partial charge on any atom is 0.251 e. The number of nitrogens with one attached hydrogen (secondary N) is 3. The molecule has 3 aromatic rings. The lowest BCUT2D eigenvalue weighted by atomic mass is 10.1. The molecule has 0 aliphatic heterocycles. The molecule has 102 valence electrons. The van der Waals surface area contributed by atoms with Gasteiger partial charge in [0.2, 0.25) is 0 Å². The molecule has 0 saturated heterocycles. The Bertz CT molecular complexity index is 740. The van der Waals surface area contributed by atoms with Crippen LogP contribution in [0, 0.1) is 0 Å². The van der Waals surface area contributed by atoms with Gasteiger partial charge in [-0.15, -0.1) is 0 Å². The van der Waals surface area contributed by atoms with E-state index in [4.69, 9.17) is 0 Å². The van der Waals surface area contributed by atoms with Crippen LogP contribution >= 0.6 is 0 Å². The van der Waals surface area contributed by atoms with E-state index in [1.54, 1.807) is 6.20 Å². The topological polar surface area (TPSA) is 73.6 Å². The summed E-state index contributed by atoms with van der Waals surface area (Å²) in [5, 5.41) is 10.9. The van der Waals surface area contributed by atoms with Crippen LogP contribution in [0.3, 0.4) is 0 Å². The van der Waals surface area contributed by atoms with Gasteiger partial charge in [-0.05, 0) is 38.1 Å². The van der Waals surface area contributed by atoms with Crippen LogP contribution in [-0.4, -0.2) is 27.1 Å². The quantitative estimate of drug-likeness (QED) is 0.683. The van der Waals surface area contributed by atoms with E-state index in [-0.39, 0.29) is 11.9 Å². The van der Waals surface area contributed by atoms with Crippen LogP contribution in [0.4, 0.5) is 0 Å². The summed E-state index contributed by atoms with van der Waals surface area (Å²) in [7, 11) is 0. The number of rotatable bonds is 3. The van der Waals surface area contributed by atoms with E-state index in [2.05, 4.69) is 20.5 Å². The molecule has 0 fully saturated rings. The predicted molar refractivity (Wildman–Crippen MR) is 78.5 cm³/mol. The minimum absolute atomic E-state index is 0.0576. The summed E-state index contributed by atoms with van der Waals surface area (Å²) < 4.78 is 0. The summed E-state index contributed by atoms with van der Waals surface area (Å²) in [5.41, 5.74) is 3.37. The number of hydrogen-bond acceptors (Lipinski definition) is 2. The Morgan fingerprint density at radius 1 is 1.25 bits per heavy atom. The van der Waals surface area contributed by atoms with Gasteiger partial charge in [0, 0.05) is 28.7 Å². The molecule has 20 heavy (non-hydrogen) atoms. The molecule has 1 amide bonds. The second kappa shape index (κ2) is 4.85. The third-order valence-corrected chi connectivity index (χ3v) is 3.08.